The number of hydrogen-bond acceptors (Lipinski definition) is 6. The van der Waals surface area contributed by atoms with Gasteiger partial charge in [0.25, 0.3) is 5.91 Å². The van der Waals surface area contributed by atoms with Crippen molar-refractivity contribution in [2.75, 3.05) is 13.9 Å². The molecule has 0 atom stereocenters. The van der Waals surface area contributed by atoms with E-state index in [0.29, 0.717) is 11.5 Å². The Morgan fingerprint density at radius 3 is 2.70 bits per heavy atom. The van der Waals surface area contributed by atoms with Gasteiger partial charge in [-0.15, -0.1) is 0 Å². The summed E-state index contributed by atoms with van der Waals surface area (Å²) in [5.41, 5.74) is 5.33. The fourth-order valence-corrected chi connectivity index (χ4v) is 1.35. The van der Waals surface area contributed by atoms with E-state index in [4.69, 9.17) is 19.9 Å². The highest BCUT2D eigenvalue weighted by atomic mass is 16.7. The number of methoxy groups -OCH3 is 1. The molecule has 0 aromatic heterocycles. The summed E-state index contributed by atoms with van der Waals surface area (Å²) in [5, 5.41) is 0. The summed E-state index contributed by atoms with van der Waals surface area (Å²) < 4.78 is 15.4. The second-order valence-electron chi connectivity index (χ2n) is 4.30. The number of primary amides is 1. The van der Waals surface area contributed by atoms with Gasteiger partial charge in [-0.3, -0.25) is 14.6 Å². The molecule has 0 aromatic carbocycles. The largest absolute Gasteiger partial charge is 0.493 e. The second-order valence-corrected chi connectivity index (χ2v) is 4.30. The van der Waals surface area contributed by atoms with Gasteiger partial charge in [0.05, 0.1) is 19.4 Å². The lowest BCUT2D eigenvalue weighted by molar-refractivity contribution is -0.157. The maximum absolute atomic E-state index is 11.3. The number of carbonyl (C=O) groups excluding carboxylic acids is 2. The van der Waals surface area contributed by atoms with E-state index in [1.807, 2.05) is 0 Å². The van der Waals surface area contributed by atoms with Crippen molar-refractivity contribution in [2.45, 2.75) is 20.3 Å². The van der Waals surface area contributed by atoms with E-state index in [0.717, 1.165) is 0 Å². The van der Waals surface area contributed by atoms with Crippen LogP contribution in [0, 0.1) is 5.92 Å². The molecule has 7 nitrogen and oxygen atoms in total. The number of nitrogens with zero attached hydrogens (tertiary/aromatic N) is 1. The van der Waals surface area contributed by atoms with E-state index >= 15 is 0 Å². The minimum absolute atomic E-state index is 0.0741. The molecule has 1 heterocycles. The van der Waals surface area contributed by atoms with Crippen molar-refractivity contribution in [1.29, 1.82) is 0 Å². The predicted molar refractivity (Wildman–Crippen MR) is 71.3 cm³/mol. The topological polar surface area (TPSA) is 100 Å². The molecule has 1 rings (SSSR count). The fraction of sp³-hybridized carbons (Fsp3) is 0.462. The Hall–Kier alpha value is -2.31. The first-order valence-corrected chi connectivity index (χ1v) is 6.05. The molecule has 0 aromatic rings. The first-order valence-electron chi connectivity index (χ1n) is 6.05. The first kappa shape index (κ1) is 15.7. The number of carbonyl (C=O) groups is 2. The minimum Gasteiger partial charge on any atom is -0.493 e. The zero-order valence-corrected chi connectivity index (χ0v) is 11.7. The van der Waals surface area contributed by atoms with Gasteiger partial charge in [0.15, 0.2) is 5.76 Å². The third kappa shape index (κ3) is 4.42. The van der Waals surface area contributed by atoms with Crippen LogP contribution in [0.4, 0.5) is 0 Å². The molecule has 2 N–H and O–H groups in total. The van der Waals surface area contributed by atoms with Crippen molar-refractivity contribution >= 4 is 17.6 Å². The van der Waals surface area contributed by atoms with Crippen LogP contribution in [0.3, 0.4) is 0 Å². The lowest BCUT2D eigenvalue weighted by atomic mass is 10.2. The number of nitrogens with two attached hydrogens (primary N) is 1. The molecule has 1 aliphatic rings. The van der Waals surface area contributed by atoms with Crippen molar-refractivity contribution < 1.29 is 23.8 Å². The third-order valence-corrected chi connectivity index (χ3v) is 2.47. The highest BCUT2D eigenvalue weighted by molar-refractivity contribution is 6.39. The Bertz CT molecular complexity index is 477. The summed E-state index contributed by atoms with van der Waals surface area (Å²) in [6, 6.07) is 0. The number of hydrogen-bond donors (Lipinski definition) is 1. The fourth-order valence-electron chi connectivity index (χ4n) is 1.35. The van der Waals surface area contributed by atoms with Crippen LogP contribution in [0.25, 0.3) is 0 Å². The summed E-state index contributed by atoms with van der Waals surface area (Å²) in [6.45, 7) is 3.17. The van der Waals surface area contributed by atoms with Crippen molar-refractivity contribution in [3.63, 3.8) is 0 Å². The average Bonchev–Trinajstić information content (AvgIpc) is 2.60. The van der Waals surface area contributed by atoms with Gasteiger partial charge < -0.3 is 19.9 Å². The Labute approximate surface area is 117 Å². The normalized spacial score (nSPS) is 14.7. The molecule has 0 saturated carbocycles. The number of rotatable bonds is 6. The number of amides is 1. The Morgan fingerprint density at radius 1 is 1.45 bits per heavy atom. The smallest absolute Gasteiger partial charge is 0.311 e. The Morgan fingerprint density at radius 2 is 2.15 bits per heavy atom. The van der Waals surface area contributed by atoms with Crippen LogP contribution in [0.2, 0.25) is 0 Å². The van der Waals surface area contributed by atoms with Gasteiger partial charge in [-0.2, -0.15) is 0 Å². The SMILES string of the molecule is COC1=C(OCOC(=O)C(C)C)CC(C(N)=O)=NC=C1. The standard InChI is InChI=1S/C13H18N2O5/c1-8(2)13(17)20-7-19-11-6-9(12(14)16)15-5-4-10(11)18-3/h4-5,8H,6-7H2,1-3H3,(H2,14,16). The van der Waals surface area contributed by atoms with Crippen LogP contribution in [-0.4, -0.2) is 31.5 Å². The van der Waals surface area contributed by atoms with Crippen LogP contribution in [0.1, 0.15) is 20.3 Å². The van der Waals surface area contributed by atoms with Crippen molar-refractivity contribution in [3.8, 4) is 0 Å². The van der Waals surface area contributed by atoms with Crippen LogP contribution in [0.5, 0.6) is 0 Å². The molecule has 0 spiro atoms. The highest BCUT2D eigenvalue weighted by Crippen LogP contribution is 2.17. The summed E-state index contributed by atoms with van der Waals surface area (Å²) in [7, 11) is 1.46. The highest BCUT2D eigenvalue weighted by Gasteiger charge is 2.18. The maximum atomic E-state index is 11.3. The molecule has 0 radical (unpaired) electrons. The molecule has 1 amide bonds. The second kappa shape index (κ2) is 7.32. The van der Waals surface area contributed by atoms with E-state index in [1.54, 1.807) is 13.8 Å². The molecule has 0 unspecified atom stereocenters. The van der Waals surface area contributed by atoms with Crippen molar-refractivity contribution in [3.05, 3.63) is 23.8 Å². The van der Waals surface area contributed by atoms with E-state index in [2.05, 4.69) is 4.99 Å². The van der Waals surface area contributed by atoms with Crippen LogP contribution in [0.15, 0.2) is 28.8 Å². The lowest BCUT2D eigenvalue weighted by Crippen LogP contribution is -2.24. The molecule has 0 fully saturated rings. The zero-order chi connectivity index (χ0) is 15.1. The zero-order valence-electron chi connectivity index (χ0n) is 11.7. The predicted octanol–water partition coefficient (Wildman–Crippen LogP) is 0.861. The number of allylic oxidation sites excluding steroid dienone is 2. The van der Waals surface area contributed by atoms with Gasteiger partial charge in [-0.1, -0.05) is 13.8 Å². The molecular formula is C13H18N2O5. The first-order chi connectivity index (χ1) is 9.45. The quantitative estimate of drug-likeness (QED) is 0.575. The van der Waals surface area contributed by atoms with E-state index < -0.39 is 5.91 Å². The molecule has 0 saturated heterocycles. The monoisotopic (exact) mass is 282 g/mol. The molecular weight excluding hydrogens is 264 g/mol. The number of esters is 1. The Balaban J connectivity index is 2.71. The van der Waals surface area contributed by atoms with Gasteiger partial charge in [0.1, 0.15) is 11.5 Å². The van der Waals surface area contributed by atoms with Gasteiger partial charge in [-0.25, -0.2) is 0 Å². The van der Waals surface area contributed by atoms with Crippen LogP contribution < -0.4 is 5.73 Å². The van der Waals surface area contributed by atoms with E-state index in [1.165, 1.54) is 19.4 Å². The molecule has 110 valence electrons. The summed E-state index contributed by atoms with van der Waals surface area (Å²) in [4.78, 5) is 26.4. The summed E-state index contributed by atoms with van der Waals surface area (Å²) >= 11 is 0. The van der Waals surface area contributed by atoms with Crippen molar-refractivity contribution in [2.24, 2.45) is 16.6 Å². The van der Waals surface area contributed by atoms with Gasteiger partial charge in [0, 0.05) is 12.3 Å². The molecule has 20 heavy (non-hydrogen) atoms. The average molecular weight is 282 g/mol. The lowest BCUT2D eigenvalue weighted by Gasteiger charge is -2.13. The van der Waals surface area contributed by atoms with Crippen molar-refractivity contribution in [1.82, 2.24) is 0 Å². The molecule has 0 aliphatic carbocycles. The third-order valence-electron chi connectivity index (χ3n) is 2.47. The molecule has 7 heteroatoms. The maximum Gasteiger partial charge on any atom is 0.311 e. The molecule has 0 bridgehead atoms. The van der Waals surface area contributed by atoms with Gasteiger partial charge in [0.2, 0.25) is 6.79 Å². The van der Waals surface area contributed by atoms with Crippen LogP contribution in [-0.2, 0) is 23.8 Å². The van der Waals surface area contributed by atoms with Crippen LogP contribution >= 0.6 is 0 Å². The number of ether oxygens (including phenoxy) is 3. The molecule has 1 aliphatic heterocycles. The number of aliphatic imine (C=N–C) groups is 1. The summed E-state index contributed by atoms with van der Waals surface area (Å²) in [5.74, 6) is -0.544. The van der Waals surface area contributed by atoms with E-state index in [9.17, 15) is 9.59 Å². The van der Waals surface area contributed by atoms with Gasteiger partial charge in [-0.05, 0) is 0 Å². The van der Waals surface area contributed by atoms with Gasteiger partial charge >= 0.3 is 5.97 Å². The van der Waals surface area contributed by atoms with E-state index in [-0.39, 0.29) is 30.8 Å². The Kier molecular flexibility index (Phi) is 5.76. The minimum atomic E-state index is -0.646. The summed E-state index contributed by atoms with van der Waals surface area (Å²) in [6.07, 6.45) is 3.01.